The number of carbonyl (C=O) groups is 2. The smallest absolute Gasteiger partial charge is 0.410 e. The van der Waals surface area contributed by atoms with Gasteiger partial charge in [-0.1, -0.05) is 295 Å². The summed E-state index contributed by atoms with van der Waals surface area (Å²) < 4.78 is 13.0. The Balaban J connectivity index is 0.000000407. The standard InChI is InChI=1S/2C15H24N2.C14H27NO2.C12H25NO2.C12H15NS.C11H24N.C10H21N.C10H14.C9H13N.2C8H12N2/c1-15(2,3)13-5-7-14(8-6-13)17-11-9-16(4)10-12-17;1-15(2,3)13-6-5-7-14(12-13)17-10-8-16(4)9-11-17;1-13(2,3)11-7-9-15(10-8-11)12(16)17-14(4,5)6;1-11(2,3)8-7-9-13-10(14)15-12(4,5)6;1-8-13-10-7-9(12(2,3)4)5-6-11(10)14-8;1-11(2,3)10-6-8-12(4,5)9-7-10;1-10(2,3)9-5-7-11(4)8-6-9;1-10(2,3)9-7-5-4-6-8-9;1-9(2,3)8-5-4-6-10-7-8;1-8(2,3)7-4-9-6-10-5-7;1-8(2,3)7-4-5-9-6-10-7/h5-8H,9-12H2,1-4H3;5-7,12H,8-11H2,1-4H3;11H,7-10H2,1-6H3;7-9H2,1-6H3,(H,13,14);5-7H,1-4H3;10H,6-9H2,1-5H3;9H,5-8H2,1-4H3;4-8H,1-3H3;4-7H,1-3H3;2*4-6H,1-3H3/q;;;;;+1;;;;;. The number of hydrogen-bond acceptors (Lipinski definition) is 16. The molecule has 4 aromatic heterocycles. The van der Waals surface area contributed by atoms with E-state index in [0.29, 0.717) is 39.5 Å². The van der Waals surface area contributed by atoms with Crippen molar-refractivity contribution in [1.82, 2.24) is 54.8 Å². The average Bonchev–Trinajstić information content (AvgIpc) is 1.70. The number of aryl methyl sites for hydroxylation is 1. The SMILES string of the molecule is CC(C)(C)C1CC[N+](C)(C)CC1.CC(C)(C)CCCNC(=O)OC(C)(C)C.CC(C)(C)OC(=O)N1CCC(C(C)(C)C)CC1.CC(C)(C)c1ccccc1.CC(C)(C)c1cccnc1.CC(C)(C)c1ccncn1.CC(C)(C)c1cncnc1.CN1CCC(C(C)(C)C)CC1.CN1CCN(c2ccc(C(C)(C)C)cc2)CC1.CN1CCN(c2cccc(C(C)(C)C)c2)CC1.Cc1nc2cc(C(C)(C)C)ccc2s1. The largest absolute Gasteiger partial charge is 0.444 e. The topological polar surface area (TPSA) is 161 Å². The molecule has 0 atom stereocenters. The number of nitrogens with one attached hydrogen (secondary N) is 1. The van der Waals surface area contributed by atoms with E-state index in [1.165, 1.54) is 132 Å². The average molecular weight is 1990 g/mol. The first kappa shape index (κ1) is 129. The van der Waals surface area contributed by atoms with Crippen molar-refractivity contribution in [3.05, 3.63) is 203 Å². The van der Waals surface area contributed by atoms with Gasteiger partial charge in [-0.3, -0.25) is 4.98 Å². The van der Waals surface area contributed by atoms with E-state index in [0.717, 1.165) is 93.0 Å². The maximum atomic E-state index is 11.9. The molecule has 0 aliphatic carbocycles. The number of thiazole rings is 1. The van der Waals surface area contributed by atoms with Crippen LogP contribution in [0, 0.1) is 46.3 Å². The second kappa shape index (κ2) is 57.0. The predicted molar refractivity (Wildman–Crippen MR) is 619 cm³/mol. The Morgan fingerprint density at radius 2 is 0.790 bits per heavy atom. The molecule has 9 heterocycles. The number of piperidine rings is 3. The first-order valence-electron chi connectivity index (χ1n) is 53.7. The number of quaternary nitrogens is 1. The second-order valence-corrected chi connectivity index (χ2v) is 56.1. The lowest BCUT2D eigenvalue weighted by Crippen LogP contribution is -2.48. The van der Waals surface area contributed by atoms with Gasteiger partial charge in [0.15, 0.2) is 0 Å². The van der Waals surface area contributed by atoms with Gasteiger partial charge in [0.05, 0.1) is 42.4 Å². The van der Waals surface area contributed by atoms with E-state index in [9.17, 15) is 9.59 Å². The maximum absolute atomic E-state index is 11.9. The van der Waals surface area contributed by atoms with Crippen LogP contribution in [0.25, 0.3) is 10.2 Å². The van der Waals surface area contributed by atoms with Gasteiger partial charge in [-0.15, -0.1) is 11.3 Å². The highest BCUT2D eigenvalue weighted by Gasteiger charge is 2.36. The third kappa shape index (κ3) is 54.5. The van der Waals surface area contributed by atoms with E-state index >= 15 is 0 Å². The molecule has 18 nitrogen and oxygen atoms in total. The second-order valence-electron chi connectivity index (χ2n) is 54.8. The Labute approximate surface area is 880 Å². The van der Waals surface area contributed by atoms with Gasteiger partial charge in [0.1, 0.15) is 23.9 Å². The number of fused-ring (bicyclic) bond motifs is 1. The number of ether oxygens (including phenoxy) is 2. The van der Waals surface area contributed by atoms with Crippen molar-refractivity contribution in [3.8, 4) is 0 Å². The molecule has 19 heteroatoms. The molecule has 0 bridgehead atoms. The highest BCUT2D eigenvalue weighted by atomic mass is 32.1. The van der Waals surface area contributed by atoms with Crippen LogP contribution >= 0.6 is 11.3 Å². The summed E-state index contributed by atoms with van der Waals surface area (Å²) in [6.07, 6.45) is 21.7. The molecule has 5 aliphatic heterocycles. The van der Waals surface area contributed by atoms with Gasteiger partial charge in [-0.25, -0.2) is 34.5 Å². The molecule has 5 fully saturated rings. The van der Waals surface area contributed by atoms with Crippen molar-refractivity contribution in [2.75, 3.05) is 143 Å². The number of pyridine rings is 1. The number of piperazine rings is 2. The van der Waals surface area contributed by atoms with Crippen LogP contribution in [0.3, 0.4) is 0 Å². The minimum absolute atomic E-state index is 0.142. The van der Waals surface area contributed by atoms with Crippen molar-refractivity contribution in [2.24, 2.45) is 39.4 Å². The van der Waals surface area contributed by atoms with E-state index in [1.54, 1.807) is 36.4 Å². The van der Waals surface area contributed by atoms with Gasteiger partial charge in [0.25, 0.3) is 0 Å². The summed E-state index contributed by atoms with van der Waals surface area (Å²) in [5.41, 5.74) is 15.5. The summed E-state index contributed by atoms with van der Waals surface area (Å²) in [4.78, 5) is 61.6. The van der Waals surface area contributed by atoms with Crippen molar-refractivity contribution in [2.45, 2.75) is 377 Å². The fourth-order valence-electron chi connectivity index (χ4n) is 16.5. The molecule has 0 spiro atoms. The highest BCUT2D eigenvalue weighted by molar-refractivity contribution is 7.18. The van der Waals surface area contributed by atoms with Crippen LogP contribution in [-0.2, 0) is 47.4 Å². The summed E-state index contributed by atoms with van der Waals surface area (Å²) in [6.45, 7) is 104. The van der Waals surface area contributed by atoms with Crippen molar-refractivity contribution in [1.29, 1.82) is 0 Å². The lowest BCUT2D eigenvalue weighted by molar-refractivity contribution is -0.896. The fourth-order valence-corrected chi connectivity index (χ4v) is 17.3. The minimum Gasteiger partial charge on any atom is -0.444 e. The van der Waals surface area contributed by atoms with E-state index in [2.05, 4.69) is 433 Å². The molecular formula is C124H211N14O4S+. The van der Waals surface area contributed by atoms with Gasteiger partial charge in [-0.2, -0.15) is 0 Å². The number of alkyl carbamates (subject to hydrolysis) is 1. The van der Waals surface area contributed by atoms with Crippen molar-refractivity contribution < 1.29 is 23.5 Å². The van der Waals surface area contributed by atoms with Gasteiger partial charge in [0.2, 0.25) is 0 Å². The van der Waals surface area contributed by atoms with E-state index in [1.807, 2.05) is 77.2 Å². The number of likely N-dealkylation sites (N-methyl/N-ethyl adjacent to an activating group) is 2. The minimum atomic E-state index is -0.409. The first-order valence-corrected chi connectivity index (χ1v) is 54.5. The third-order valence-electron chi connectivity index (χ3n) is 27.0. The highest BCUT2D eigenvalue weighted by Crippen LogP contribution is 2.39. The number of carbonyl (C=O) groups excluding carboxylic acids is 2. The lowest BCUT2D eigenvalue weighted by atomic mass is 9.75. The number of likely N-dealkylation sites (tertiary alicyclic amines) is 3. The van der Waals surface area contributed by atoms with E-state index in [-0.39, 0.29) is 44.7 Å². The third-order valence-corrected chi connectivity index (χ3v) is 27.9. The van der Waals surface area contributed by atoms with Gasteiger partial charge in [0, 0.05) is 138 Å². The number of nitrogens with zero attached hydrogens (tertiary/aromatic N) is 13. The van der Waals surface area contributed by atoms with Crippen LogP contribution in [-0.4, -0.2) is 211 Å². The quantitative estimate of drug-likeness (QED) is 0.128. The Kier molecular flexibility index (Phi) is 51.5. The number of benzene rings is 4. The number of aromatic nitrogens is 6. The van der Waals surface area contributed by atoms with Crippen LogP contribution in [0.1, 0.15) is 365 Å². The molecule has 8 aromatic rings. The molecular weight excluding hydrogens is 1780 g/mol. The Morgan fingerprint density at radius 1 is 0.385 bits per heavy atom. The van der Waals surface area contributed by atoms with Gasteiger partial charge >= 0.3 is 12.2 Å². The van der Waals surface area contributed by atoms with Crippen LogP contribution in [0.15, 0.2) is 159 Å². The molecule has 0 saturated carbocycles. The zero-order valence-corrected chi connectivity index (χ0v) is 101. The maximum Gasteiger partial charge on any atom is 0.410 e. The number of anilines is 2. The van der Waals surface area contributed by atoms with Gasteiger partial charge in [-0.05, 0) is 275 Å². The van der Waals surface area contributed by atoms with E-state index in [4.69, 9.17) is 9.47 Å². The van der Waals surface area contributed by atoms with Crippen molar-refractivity contribution in [3.63, 3.8) is 0 Å². The van der Waals surface area contributed by atoms with Crippen LogP contribution < -0.4 is 15.1 Å². The molecule has 5 saturated heterocycles. The monoisotopic (exact) mass is 1990 g/mol. The molecule has 2 amide bonds. The number of amides is 2. The zero-order valence-electron chi connectivity index (χ0n) is 99.9. The summed E-state index contributed by atoms with van der Waals surface area (Å²) in [7, 11) is 11.3. The van der Waals surface area contributed by atoms with Crippen LogP contribution in [0.5, 0.6) is 0 Å². The molecule has 4 aromatic carbocycles. The predicted octanol–water partition coefficient (Wildman–Crippen LogP) is 30.2. The Morgan fingerprint density at radius 3 is 1.17 bits per heavy atom. The molecule has 0 radical (unpaired) electrons. The molecule has 0 unspecified atom stereocenters. The van der Waals surface area contributed by atoms with Crippen LogP contribution in [0.2, 0.25) is 0 Å². The van der Waals surface area contributed by atoms with Gasteiger partial charge < -0.3 is 48.7 Å². The summed E-state index contributed by atoms with van der Waals surface area (Å²) in [5.74, 6) is 2.60. The summed E-state index contributed by atoms with van der Waals surface area (Å²) in [6, 6.07) is 41.3. The molecule has 13 rings (SSSR count). The Bertz CT molecular complexity index is 4590. The fraction of sp³-hybridized carbons (Fsp3) is 0.677. The summed E-state index contributed by atoms with van der Waals surface area (Å²) in [5, 5.41) is 3.90. The molecule has 5 aliphatic rings. The number of hydrogen-bond donors (Lipinski definition) is 1. The van der Waals surface area contributed by atoms with Crippen molar-refractivity contribution >= 4 is 45.1 Å². The van der Waals surface area contributed by atoms with E-state index < -0.39 is 11.2 Å². The number of rotatable bonds is 5. The normalized spacial score (nSPS) is 16.4. The molecule has 806 valence electrons. The van der Waals surface area contributed by atoms with Crippen LogP contribution in [0.4, 0.5) is 21.0 Å². The zero-order chi connectivity index (χ0) is 109. The lowest BCUT2D eigenvalue weighted by Gasteiger charge is -2.41. The Hall–Kier alpha value is -7.94. The molecule has 143 heavy (non-hydrogen) atoms. The molecule has 1 N–H and O–H groups in total. The summed E-state index contributed by atoms with van der Waals surface area (Å²) >= 11 is 1.76. The first-order chi connectivity index (χ1) is 65.3.